The highest BCUT2D eigenvalue weighted by atomic mass is 19.1. The zero-order chi connectivity index (χ0) is 18.0. The molecule has 0 aromatic heterocycles. The summed E-state index contributed by atoms with van der Waals surface area (Å²) in [7, 11) is 0. The lowest BCUT2D eigenvalue weighted by Crippen LogP contribution is -2.53. The first-order chi connectivity index (χ1) is 11.1. The third kappa shape index (κ3) is 4.69. The van der Waals surface area contributed by atoms with E-state index < -0.39 is 17.2 Å². The number of rotatable bonds is 4. The first-order valence-corrected chi connectivity index (χ1v) is 8.14. The van der Waals surface area contributed by atoms with Crippen molar-refractivity contribution in [3.8, 4) is 0 Å². The van der Waals surface area contributed by atoms with Gasteiger partial charge in [-0.15, -0.1) is 0 Å². The van der Waals surface area contributed by atoms with Crippen LogP contribution >= 0.6 is 0 Å². The molecule has 1 aromatic rings. The first kappa shape index (κ1) is 18.2. The van der Waals surface area contributed by atoms with Crippen molar-refractivity contribution in [1.29, 1.82) is 0 Å². The maximum absolute atomic E-state index is 13.2. The lowest BCUT2D eigenvalue weighted by atomic mass is 10.0. The summed E-state index contributed by atoms with van der Waals surface area (Å²) >= 11 is 0. The zero-order valence-corrected chi connectivity index (χ0v) is 14.7. The van der Waals surface area contributed by atoms with Crippen molar-refractivity contribution in [3.05, 3.63) is 35.6 Å². The highest BCUT2D eigenvalue weighted by Crippen LogP contribution is 2.23. The number of halogens is 1. The van der Waals surface area contributed by atoms with Crippen LogP contribution in [0.2, 0.25) is 0 Å². The molecule has 5 nitrogen and oxygen atoms in total. The smallest absolute Gasteiger partial charge is 0.408 e. The number of likely N-dealkylation sites (tertiary alicyclic amines) is 1. The molecule has 2 amide bonds. The quantitative estimate of drug-likeness (QED) is 0.920. The second-order valence-corrected chi connectivity index (χ2v) is 7.38. The van der Waals surface area contributed by atoms with Crippen molar-refractivity contribution < 1.29 is 18.7 Å². The van der Waals surface area contributed by atoms with Gasteiger partial charge < -0.3 is 15.0 Å². The van der Waals surface area contributed by atoms with Gasteiger partial charge in [0, 0.05) is 13.1 Å². The van der Waals surface area contributed by atoms with Crippen molar-refractivity contribution in [3.63, 3.8) is 0 Å². The average molecular weight is 336 g/mol. The minimum atomic E-state index is -0.954. The van der Waals surface area contributed by atoms with Crippen LogP contribution in [0, 0.1) is 5.82 Å². The molecule has 1 aliphatic heterocycles. The Balaban J connectivity index is 1.92. The summed E-state index contributed by atoms with van der Waals surface area (Å²) in [6.45, 7) is 8.08. The Labute approximate surface area is 142 Å². The van der Waals surface area contributed by atoms with E-state index in [1.54, 1.807) is 38.7 Å². The Morgan fingerprint density at radius 2 is 2.12 bits per heavy atom. The fraction of sp³-hybridized carbons (Fsp3) is 0.556. The number of hydrogen-bond acceptors (Lipinski definition) is 3. The molecule has 6 heteroatoms. The summed E-state index contributed by atoms with van der Waals surface area (Å²) < 4.78 is 18.4. The van der Waals surface area contributed by atoms with E-state index >= 15 is 0 Å². The number of carbonyl (C=O) groups excluding carboxylic acids is 2. The van der Waals surface area contributed by atoms with Gasteiger partial charge in [-0.3, -0.25) is 4.79 Å². The number of alkyl carbamates (subject to hydrolysis) is 1. The fourth-order valence-corrected chi connectivity index (χ4v) is 2.73. The van der Waals surface area contributed by atoms with Gasteiger partial charge >= 0.3 is 6.09 Å². The van der Waals surface area contributed by atoms with Gasteiger partial charge in [0.1, 0.15) is 17.0 Å². The molecule has 24 heavy (non-hydrogen) atoms. The molecule has 132 valence electrons. The van der Waals surface area contributed by atoms with Crippen molar-refractivity contribution in [2.75, 3.05) is 13.1 Å². The van der Waals surface area contributed by atoms with Gasteiger partial charge in [-0.2, -0.15) is 0 Å². The summed E-state index contributed by atoms with van der Waals surface area (Å²) in [4.78, 5) is 26.2. The van der Waals surface area contributed by atoms with Crippen molar-refractivity contribution >= 4 is 12.0 Å². The summed E-state index contributed by atoms with van der Waals surface area (Å²) in [6, 6.07) is 6.36. The van der Waals surface area contributed by atoms with Crippen LogP contribution in [0.3, 0.4) is 0 Å². The number of benzene rings is 1. The molecular weight excluding hydrogens is 311 g/mol. The van der Waals surface area contributed by atoms with Crippen LogP contribution < -0.4 is 5.32 Å². The van der Waals surface area contributed by atoms with E-state index in [1.165, 1.54) is 12.1 Å². The van der Waals surface area contributed by atoms with E-state index in [0.29, 0.717) is 25.9 Å². The molecule has 0 aliphatic carbocycles. The Kier molecular flexibility index (Phi) is 5.16. The Bertz CT molecular complexity index is 627. The van der Waals surface area contributed by atoms with Crippen molar-refractivity contribution in [2.45, 2.75) is 51.7 Å². The van der Waals surface area contributed by atoms with Gasteiger partial charge in [0.25, 0.3) is 0 Å². The van der Waals surface area contributed by atoms with E-state index in [2.05, 4.69) is 5.32 Å². The van der Waals surface area contributed by atoms with Crippen LogP contribution in [0.4, 0.5) is 9.18 Å². The topological polar surface area (TPSA) is 58.6 Å². The fourth-order valence-electron chi connectivity index (χ4n) is 2.73. The molecule has 1 atom stereocenters. The van der Waals surface area contributed by atoms with Gasteiger partial charge in [0.05, 0.1) is 0 Å². The molecular formula is C18H25FN2O3. The lowest BCUT2D eigenvalue weighted by Gasteiger charge is -2.27. The van der Waals surface area contributed by atoms with E-state index in [4.69, 9.17) is 4.74 Å². The minimum Gasteiger partial charge on any atom is -0.444 e. The summed E-state index contributed by atoms with van der Waals surface area (Å²) in [5, 5.41) is 2.69. The maximum atomic E-state index is 13.2. The summed E-state index contributed by atoms with van der Waals surface area (Å²) in [6.07, 6.45) is 0.505. The predicted molar refractivity (Wildman–Crippen MR) is 89.1 cm³/mol. The lowest BCUT2D eigenvalue weighted by molar-refractivity contribution is -0.132. The molecule has 1 heterocycles. The van der Waals surface area contributed by atoms with Gasteiger partial charge in [-0.25, -0.2) is 9.18 Å². The molecule has 1 saturated heterocycles. The molecule has 1 aromatic carbocycles. The second kappa shape index (κ2) is 6.79. The number of nitrogens with one attached hydrogen (secondary N) is 1. The van der Waals surface area contributed by atoms with E-state index in [-0.39, 0.29) is 11.7 Å². The van der Waals surface area contributed by atoms with E-state index in [0.717, 1.165) is 5.56 Å². The third-order valence-electron chi connectivity index (χ3n) is 3.98. The van der Waals surface area contributed by atoms with Crippen LogP contribution in [0.1, 0.15) is 39.7 Å². The largest absolute Gasteiger partial charge is 0.444 e. The number of hydrogen-bond donors (Lipinski definition) is 1. The molecule has 0 spiro atoms. The third-order valence-corrected chi connectivity index (χ3v) is 3.98. The maximum Gasteiger partial charge on any atom is 0.408 e. The number of ether oxygens (including phenoxy) is 1. The molecule has 2 rings (SSSR count). The standard InChI is InChI=1S/C18H25FN2O3/c1-17(2,3)24-16(23)20-18(4)9-11-21(15(18)22)10-8-13-6-5-7-14(19)12-13/h5-7,12H,8-11H2,1-4H3,(H,20,23). The van der Waals surface area contributed by atoms with Crippen LogP contribution in [-0.4, -0.2) is 41.1 Å². The van der Waals surface area contributed by atoms with E-state index in [9.17, 15) is 14.0 Å². The average Bonchev–Trinajstić information content (AvgIpc) is 2.70. The molecule has 1 unspecified atom stereocenters. The second-order valence-electron chi connectivity index (χ2n) is 7.38. The number of nitrogens with zero attached hydrogens (tertiary/aromatic N) is 1. The minimum absolute atomic E-state index is 0.134. The highest BCUT2D eigenvalue weighted by molar-refractivity contribution is 5.91. The molecule has 1 N–H and O–H groups in total. The Morgan fingerprint density at radius 3 is 2.75 bits per heavy atom. The van der Waals surface area contributed by atoms with Gasteiger partial charge in [0.15, 0.2) is 0 Å². The molecule has 0 saturated carbocycles. The molecule has 0 bridgehead atoms. The van der Waals surface area contributed by atoms with Gasteiger partial charge in [-0.05, 0) is 58.2 Å². The SMILES string of the molecule is CC(C)(C)OC(=O)NC1(C)CCN(CCc2cccc(F)c2)C1=O. The molecule has 1 fully saturated rings. The van der Waals surface area contributed by atoms with Gasteiger partial charge in [0.2, 0.25) is 5.91 Å². The molecule has 0 radical (unpaired) electrons. The predicted octanol–water partition coefficient (Wildman–Crippen LogP) is 2.88. The van der Waals surface area contributed by atoms with Crippen LogP contribution in [0.25, 0.3) is 0 Å². The van der Waals surface area contributed by atoms with Crippen molar-refractivity contribution in [1.82, 2.24) is 10.2 Å². The van der Waals surface area contributed by atoms with Crippen LogP contribution in [0.5, 0.6) is 0 Å². The van der Waals surface area contributed by atoms with E-state index in [1.807, 2.05) is 6.07 Å². The Hall–Kier alpha value is -2.11. The highest BCUT2D eigenvalue weighted by Gasteiger charge is 2.44. The zero-order valence-electron chi connectivity index (χ0n) is 14.7. The normalized spacial score (nSPS) is 21.0. The van der Waals surface area contributed by atoms with Crippen LogP contribution in [0.15, 0.2) is 24.3 Å². The van der Waals surface area contributed by atoms with Gasteiger partial charge in [-0.1, -0.05) is 12.1 Å². The monoisotopic (exact) mass is 336 g/mol. The van der Waals surface area contributed by atoms with Crippen LogP contribution in [-0.2, 0) is 16.0 Å². The van der Waals surface area contributed by atoms with Crippen molar-refractivity contribution in [2.24, 2.45) is 0 Å². The number of carbonyl (C=O) groups is 2. The summed E-state index contributed by atoms with van der Waals surface area (Å²) in [5.41, 5.74) is -0.722. The first-order valence-electron chi connectivity index (χ1n) is 8.14. The summed E-state index contributed by atoms with van der Waals surface area (Å²) in [5.74, 6) is -0.415. The Morgan fingerprint density at radius 1 is 1.42 bits per heavy atom. The molecule has 1 aliphatic rings. The number of amides is 2.